The monoisotopic (exact) mass is 331 g/mol. The van der Waals surface area contributed by atoms with Crippen molar-refractivity contribution < 1.29 is 0 Å². The smallest absolute Gasteiger partial charge is 0.0701 e. The van der Waals surface area contributed by atoms with Crippen LogP contribution in [0.3, 0.4) is 0 Å². The van der Waals surface area contributed by atoms with Gasteiger partial charge in [0.1, 0.15) is 0 Å². The van der Waals surface area contributed by atoms with Crippen LogP contribution >= 0.6 is 27.3 Å². The number of nitrogens with two attached hydrogens (primary N) is 1. The summed E-state index contributed by atoms with van der Waals surface area (Å²) in [6.07, 6.45) is 3.86. The molecule has 1 aliphatic rings. The molecular weight excluding hydrogens is 310 g/mol. The van der Waals surface area contributed by atoms with Gasteiger partial charge >= 0.3 is 0 Å². The third kappa shape index (κ3) is 3.33. The number of nitrogens with zero attached hydrogens (tertiary/aromatic N) is 1. The summed E-state index contributed by atoms with van der Waals surface area (Å²) in [7, 11) is 0. The molecule has 3 nitrogen and oxygen atoms in total. The van der Waals surface area contributed by atoms with Gasteiger partial charge in [-0.15, -0.1) is 11.3 Å². The second-order valence-electron chi connectivity index (χ2n) is 5.14. The van der Waals surface area contributed by atoms with Gasteiger partial charge in [-0.3, -0.25) is 0 Å². The highest BCUT2D eigenvalue weighted by atomic mass is 79.9. The lowest BCUT2D eigenvalue weighted by atomic mass is 9.99. The van der Waals surface area contributed by atoms with Crippen LogP contribution in [0, 0.1) is 0 Å². The maximum absolute atomic E-state index is 5.92. The van der Waals surface area contributed by atoms with E-state index in [0.717, 1.165) is 3.79 Å². The Labute approximate surface area is 122 Å². The van der Waals surface area contributed by atoms with Gasteiger partial charge in [0.15, 0.2) is 0 Å². The molecule has 5 heteroatoms. The van der Waals surface area contributed by atoms with E-state index >= 15 is 0 Å². The van der Waals surface area contributed by atoms with Crippen LogP contribution in [0.15, 0.2) is 15.2 Å². The second kappa shape index (κ2) is 6.48. The molecule has 1 aromatic rings. The molecular formula is C13H22BrN3S. The highest BCUT2D eigenvalue weighted by Gasteiger charge is 2.27. The lowest BCUT2D eigenvalue weighted by molar-refractivity contribution is 0.0305. The number of rotatable bonds is 4. The first-order valence-electron chi connectivity index (χ1n) is 6.60. The van der Waals surface area contributed by atoms with Gasteiger partial charge in [-0.05, 0) is 59.6 Å². The summed E-state index contributed by atoms with van der Waals surface area (Å²) in [6.45, 7) is 5.21. The number of piperidine rings is 1. The summed E-state index contributed by atoms with van der Waals surface area (Å²) >= 11 is 5.23. The fourth-order valence-electron chi connectivity index (χ4n) is 2.63. The van der Waals surface area contributed by atoms with Crippen molar-refractivity contribution in [3.63, 3.8) is 0 Å². The molecule has 0 aromatic carbocycles. The van der Waals surface area contributed by atoms with E-state index in [9.17, 15) is 0 Å². The topological polar surface area (TPSA) is 41.3 Å². The molecule has 18 heavy (non-hydrogen) atoms. The van der Waals surface area contributed by atoms with E-state index in [2.05, 4.69) is 51.7 Å². The van der Waals surface area contributed by atoms with Crippen LogP contribution in [0.1, 0.15) is 44.7 Å². The molecule has 102 valence electrons. The van der Waals surface area contributed by atoms with E-state index < -0.39 is 0 Å². The lowest BCUT2D eigenvalue weighted by Gasteiger charge is -2.41. The Morgan fingerprint density at radius 1 is 1.50 bits per heavy atom. The Morgan fingerprint density at radius 3 is 2.67 bits per heavy atom. The Morgan fingerprint density at radius 2 is 2.17 bits per heavy atom. The van der Waals surface area contributed by atoms with E-state index in [1.165, 1.54) is 24.8 Å². The summed E-state index contributed by atoms with van der Waals surface area (Å²) in [5, 5.41) is 4.57. The average Bonchev–Trinajstić information content (AvgIpc) is 2.76. The average molecular weight is 332 g/mol. The summed E-state index contributed by atoms with van der Waals surface area (Å²) in [4.78, 5) is 0. The molecule has 1 fully saturated rings. The van der Waals surface area contributed by atoms with E-state index in [4.69, 9.17) is 5.73 Å². The van der Waals surface area contributed by atoms with Crippen molar-refractivity contribution in [2.45, 2.75) is 51.2 Å². The second-order valence-corrected chi connectivity index (χ2v) is 7.43. The Kier molecular flexibility index (Phi) is 5.21. The molecule has 2 rings (SSSR count). The van der Waals surface area contributed by atoms with Gasteiger partial charge in [-0.1, -0.05) is 6.42 Å². The third-order valence-electron chi connectivity index (χ3n) is 3.72. The number of nitrogens with one attached hydrogen (secondary N) is 1. The van der Waals surface area contributed by atoms with Crippen LogP contribution < -0.4 is 11.2 Å². The molecule has 2 heterocycles. The minimum atomic E-state index is 0.218. The number of hydrogen-bond donors (Lipinski definition) is 2. The number of thiophene rings is 1. The van der Waals surface area contributed by atoms with Crippen molar-refractivity contribution in [1.29, 1.82) is 0 Å². The standard InChI is InChI=1S/C13H22BrN3S/c1-9-4-3-5-10(2)17(9)16-12(7-15)11-6-13(14)18-8-11/h6,8-10,12,16H,3-5,7,15H2,1-2H3. The van der Waals surface area contributed by atoms with Crippen LogP contribution in [0.2, 0.25) is 0 Å². The van der Waals surface area contributed by atoms with Gasteiger partial charge in [0.25, 0.3) is 0 Å². The molecule has 1 aromatic heterocycles. The van der Waals surface area contributed by atoms with Crippen molar-refractivity contribution in [3.05, 3.63) is 20.8 Å². The van der Waals surface area contributed by atoms with Gasteiger partial charge in [-0.25, -0.2) is 10.4 Å². The van der Waals surface area contributed by atoms with Crippen LogP contribution in [0.5, 0.6) is 0 Å². The van der Waals surface area contributed by atoms with Crippen LogP contribution in [-0.2, 0) is 0 Å². The van der Waals surface area contributed by atoms with Crippen LogP contribution in [0.25, 0.3) is 0 Å². The van der Waals surface area contributed by atoms with E-state index in [1.807, 2.05) is 0 Å². The molecule has 0 amide bonds. The third-order valence-corrected chi connectivity index (χ3v) is 5.25. The first-order valence-corrected chi connectivity index (χ1v) is 8.27. The molecule has 3 unspecified atom stereocenters. The normalized spacial score (nSPS) is 27.3. The minimum Gasteiger partial charge on any atom is -0.329 e. The fraction of sp³-hybridized carbons (Fsp3) is 0.692. The van der Waals surface area contributed by atoms with Crippen LogP contribution in [-0.4, -0.2) is 23.6 Å². The van der Waals surface area contributed by atoms with Crippen molar-refractivity contribution in [3.8, 4) is 0 Å². The van der Waals surface area contributed by atoms with Crippen molar-refractivity contribution in [2.75, 3.05) is 6.54 Å². The quantitative estimate of drug-likeness (QED) is 0.889. The van der Waals surface area contributed by atoms with Crippen LogP contribution in [0.4, 0.5) is 0 Å². The molecule has 0 aliphatic carbocycles. The van der Waals surface area contributed by atoms with Gasteiger partial charge in [-0.2, -0.15) is 0 Å². The van der Waals surface area contributed by atoms with E-state index in [-0.39, 0.29) is 6.04 Å². The van der Waals surface area contributed by atoms with Crippen molar-refractivity contribution >= 4 is 27.3 Å². The first-order chi connectivity index (χ1) is 8.61. The van der Waals surface area contributed by atoms with Gasteiger partial charge in [0, 0.05) is 18.6 Å². The lowest BCUT2D eigenvalue weighted by Crippen LogP contribution is -2.54. The highest BCUT2D eigenvalue weighted by Crippen LogP contribution is 2.27. The summed E-state index contributed by atoms with van der Waals surface area (Å²) < 4.78 is 1.16. The number of hydrazine groups is 1. The molecule has 3 atom stereocenters. The highest BCUT2D eigenvalue weighted by molar-refractivity contribution is 9.11. The van der Waals surface area contributed by atoms with Crippen molar-refractivity contribution in [1.82, 2.24) is 10.4 Å². The van der Waals surface area contributed by atoms with Crippen molar-refractivity contribution in [2.24, 2.45) is 5.73 Å². The predicted octanol–water partition coefficient (Wildman–Crippen LogP) is 3.28. The predicted molar refractivity (Wildman–Crippen MR) is 81.6 cm³/mol. The minimum absolute atomic E-state index is 0.218. The summed E-state index contributed by atoms with van der Waals surface area (Å²) in [6, 6.07) is 3.55. The zero-order chi connectivity index (χ0) is 13.1. The molecule has 0 spiro atoms. The maximum atomic E-state index is 5.92. The molecule has 1 saturated heterocycles. The van der Waals surface area contributed by atoms with E-state index in [1.54, 1.807) is 11.3 Å². The molecule has 1 aliphatic heterocycles. The largest absolute Gasteiger partial charge is 0.329 e. The SMILES string of the molecule is CC1CCCC(C)N1NC(CN)c1csc(Br)c1. The molecule has 0 bridgehead atoms. The number of hydrogen-bond acceptors (Lipinski definition) is 4. The number of halogens is 1. The maximum Gasteiger partial charge on any atom is 0.0701 e. The van der Waals surface area contributed by atoms with Gasteiger partial charge < -0.3 is 5.73 Å². The first kappa shape index (κ1) is 14.5. The zero-order valence-electron chi connectivity index (χ0n) is 11.0. The zero-order valence-corrected chi connectivity index (χ0v) is 13.4. The molecule has 0 saturated carbocycles. The molecule has 3 N–H and O–H groups in total. The molecule has 0 radical (unpaired) electrons. The Bertz CT molecular complexity index is 372. The summed E-state index contributed by atoms with van der Waals surface area (Å²) in [5.74, 6) is 0. The fourth-order valence-corrected chi connectivity index (χ4v) is 3.85. The van der Waals surface area contributed by atoms with Gasteiger partial charge in [0.05, 0.1) is 9.83 Å². The van der Waals surface area contributed by atoms with Gasteiger partial charge in [0.2, 0.25) is 0 Å². The Hall–Kier alpha value is 0.0600. The summed E-state index contributed by atoms with van der Waals surface area (Å²) in [5.41, 5.74) is 10.8. The van der Waals surface area contributed by atoms with E-state index in [0.29, 0.717) is 18.6 Å². The Balaban J connectivity index is 2.05.